The van der Waals surface area contributed by atoms with E-state index < -0.39 is 5.82 Å². The number of thioether (sulfide) groups is 1. The fraction of sp³-hybridized carbons (Fsp3) is 0.231. The predicted octanol–water partition coefficient (Wildman–Crippen LogP) is 3.29. The standard InChI is InChI=1S/C13H14FN3OS2/c1-8-7-20-13(16-8)19-5-4-12(18)17-11-3-2-9(14)6-10(11)15/h2-3,6-7H,4-5,15H2,1H3,(H,17,18). The number of nitrogens with zero attached hydrogens (tertiary/aromatic N) is 1. The maximum Gasteiger partial charge on any atom is 0.225 e. The lowest BCUT2D eigenvalue weighted by molar-refractivity contribution is -0.115. The summed E-state index contributed by atoms with van der Waals surface area (Å²) < 4.78 is 13.8. The first-order chi connectivity index (χ1) is 9.54. The molecule has 1 aromatic carbocycles. The topological polar surface area (TPSA) is 68.0 Å². The van der Waals surface area contributed by atoms with Crippen LogP contribution in [0.3, 0.4) is 0 Å². The molecule has 0 unspecified atom stereocenters. The number of nitrogens with two attached hydrogens (primary N) is 1. The Kier molecular flexibility index (Phi) is 4.97. The van der Waals surface area contributed by atoms with Crippen LogP contribution in [0.5, 0.6) is 0 Å². The molecule has 0 bridgehead atoms. The molecule has 4 nitrogen and oxygen atoms in total. The maximum atomic E-state index is 12.9. The van der Waals surface area contributed by atoms with Gasteiger partial charge in [0.05, 0.1) is 11.4 Å². The highest BCUT2D eigenvalue weighted by Gasteiger charge is 2.07. The Balaban J connectivity index is 1.80. The summed E-state index contributed by atoms with van der Waals surface area (Å²) in [7, 11) is 0. The van der Waals surface area contributed by atoms with E-state index >= 15 is 0 Å². The van der Waals surface area contributed by atoms with Gasteiger partial charge in [0.1, 0.15) is 10.2 Å². The fourth-order valence-corrected chi connectivity index (χ4v) is 3.35. The van der Waals surface area contributed by atoms with Crippen molar-refractivity contribution < 1.29 is 9.18 Å². The van der Waals surface area contributed by atoms with Crippen molar-refractivity contribution >= 4 is 40.4 Å². The number of hydrogen-bond donors (Lipinski definition) is 2. The molecule has 106 valence electrons. The Bertz CT molecular complexity index is 615. The molecule has 1 heterocycles. The van der Waals surface area contributed by atoms with E-state index in [1.165, 1.54) is 18.2 Å². The van der Waals surface area contributed by atoms with Crippen LogP contribution >= 0.6 is 23.1 Å². The molecule has 2 rings (SSSR count). The van der Waals surface area contributed by atoms with E-state index in [-0.39, 0.29) is 11.6 Å². The van der Waals surface area contributed by atoms with Crippen molar-refractivity contribution in [3.05, 3.63) is 35.1 Å². The first-order valence-corrected chi connectivity index (χ1v) is 7.81. The van der Waals surface area contributed by atoms with Gasteiger partial charge in [0.15, 0.2) is 0 Å². The Morgan fingerprint density at radius 2 is 2.35 bits per heavy atom. The summed E-state index contributed by atoms with van der Waals surface area (Å²) >= 11 is 3.11. The van der Waals surface area contributed by atoms with Crippen LogP contribution < -0.4 is 11.1 Å². The zero-order chi connectivity index (χ0) is 14.5. The zero-order valence-electron chi connectivity index (χ0n) is 10.9. The third-order valence-electron chi connectivity index (χ3n) is 2.44. The van der Waals surface area contributed by atoms with Gasteiger partial charge in [-0.2, -0.15) is 0 Å². The molecule has 0 saturated heterocycles. The van der Waals surface area contributed by atoms with Gasteiger partial charge in [-0.15, -0.1) is 11.3 Å². The van der Waals surface area contributed by atoms with Crippen LogP contribution in [-0.2, 0) is 4.79 Å². The Hall–Kier alpha value is -1.60. The number of rotatable bonds is 5. The molecule has 0 radical (unpaired) electrons. The molecular weight excluding hydrogens is 297 g/mol. The Labute approximate surface area is 124 Å². The third-order valence-corrected chi connectivity index (χ3v) is 4.58. The summed E-state index contributed by atoms with van der Waals surface area (Å²) in [4.78, 5) is 16.1. The lowest BCUT2D eigenvalue weighted by Gasteiger charge is -2.07. The monoisotopic (exact) mass is 311 g/mol. The van der Waals surface area contributed by atoms with E-state index in [0.717, 1.165) is 10.0 Å². The average Bonchev–Trinajstić information content (AvgIpc) is 2.79. The van der Waals surface area contributed by atoms with Crippen LogP contribution in [0, 0.1) is 12.7 Å². The van der Waals surface area contributed by atoms with E-state index in [0.29, 0.717) is 17.9 Å². The highest BCUT2D eigenvalue weighted by molar-refractivity contribution is 8.01. The molecule has 0 fully saturated rings. The second-order valence-corrected chi connectivity index (χ2v) is 6.33. The van der Waals surface area contributed by atoms with E-state index in [1.54, 1.807) is 23.1 Å². The number of hydrogen-bond acceptors (Lipinski definition) is 5. The predicted molar refractivity (Wildman–Crippen MR) is 81.6 cm³/mol. The number of halogens is 1. The molecule has 0 saturated carbocycles. The molecule has 0 aliphatic carbocycles. The van der Waals surface area contributed by atoms with Gasteiger partial charge in [-0.1, -0.05) is 11.8 Å². The minimum atomic E-state index is -0.421. The van der Waals surface area contributed by atoms with Gasteiger partial charge in [0, 0.05) is 23.2 Å². The molecule has 0 aliphatic rings. The lowest BCUT2D eigenvalue weighted by atomic mass is 10.2. The van der Waals surface area contributed by atoms with Gasteiger partial charge >= 0.3 is 0 Å². The summed E-state index contributed by atoms with van der Waals surface area (Å²) in [5.74, 6) is 0.0687. The number of carbonyl (C=O) groups is 1. The van der Waals surface area contributed by atoms with Crippen molar-refractivity contribution in [2.45, 2.75) is 17.7 Å². The molecule has 0 atom stereocenters. The van der Waals surface area contributed by atoms with Crippen LogP contribution in [0.15, 0.2) is 27.9 Å². The van der Waals surface area contributed by atoms with Gasteiger partial charge in [-0.05, 0) is 25.1 Å². The number of aryl methyl sites for hydroxylation is 1. The van der Waals surface area contributed by atoms with Crippen molar-refractivity contribution in [1.29, 1.82) is 0 Å². The summed E-state index contributed by atoms with van der Waals surface area (Å²) in [6.45, 7) is 1.94. The van der Waals surface area contributed by atoms with Gasteiger partial charge in [0.25, 0.3) is 0 Å². The molecule has 20 heavy (non-hydrogen) atoms. The first kappa shape index (κ1) is 14.8. The zero-order valence-corrected chi connectivity index (χ0v) is 12.5. The van der Waals surface area contributed by atoms with Crippen molar-refractivity contribution in [1.82, 2.24) is 4.98 Å². The number of aromatic nitrogens is 1. The molecular formula is C13H14FN3OS2. The highest BCUT2D eigenvalue weighted by atomic mass is 32.2. The largest absolute Gasteiger partial charge is 0.397 e. The van der Waals surface area contributed by atoms with E-state index in [2.05, 4.69) is 10.3 Å². The van der Waals surface area contributed by atoms with Gasteiger partial charge < -0.3 is 11.1 Å². The molecule has 7 heteroatoms. The van der Waals surface area contributed by atoms with Gasteiger partial charge in [0.2, 0.25) is 5.91 Å². The number of anilines is 2. The molecule has 1 aromatic heterocycles. The molecule has 1 amide bonds. The van der Waals surface area contributed by atoms with Crippen molar-refractivity contribution in [3.63, 3.8) is 0 Å². The van der Waals surface area contributed by atoms with E-state index in [1.807, 2.05) is 12.3 Å². The van der Waals surface area contributed by atoms with Gasteiger partial charge in [-0.3, -0.25) is 4.79 Å². The minimum absolute atomic E-state index is 0.149. The Morgan fingerprint density at radius 1 is 1.55 bits per heavy atom. The van der Waals surface area contributed by atoms with E-state index in [4.69, 9.17) is 5.73 Å². The Morgan fingerprint density at radius 3 is 3.00 bits per heavy atom. The maximum absolute atomic E-state index is 12.9. The molecule has 2 aromatic rings. The summed E-state index contributed by atoms with van der Waals surface area (Å²) in [5, 5.41) is 4.64. The van der Waals surface area contributed by atoms with Crippen molar-refractivity contribution in [2.75, 3.05) is 16.8 Å². The summed E-state index contributed by atoms with van der Waals surface area (Å²) in [6.07, 6.45) is 0.347. The van der Waals surface area contributed by atoms with Gasteiger partial charge in [-0.25, -0.2) is 9.37 Å². The molecule has 3 N–H and O–H groups in total. The minimum Gasteiger partial charge on any atom is -0.397 e. The van der Waals surface area contributed by atoms with Crippen molar-refractivity contribution in [3.8, 4) is 0 Å². The first-order valence-electron chi connectivity index (χ1n) is 5.94. The van der Waals surface area contributed by atoms with Crippen LogP contribution in [0.2, 0.25) is 0 Å². The number of thiazole rings is 1. The number of benzene rings is 1. The third kappa shape index (κ3) is 4.21. The fourth-order valence-electron chi connectivity index (χ4n) is 1.49. The van der Waals surface area contributed by atoms with Crippen LogP contribution in [-0.4, -0.2) is 16.6 Å². The van der Waals surface area contributed by atoms with Crippen LogP contribution in [0.1, 0.15) is 12.1 Å². The number of carbonyl (C=O) groups excluding carboxylic acids is 1. The second kappa shape index (κ2) is 6.71. The molecule has 0 spiro atoms. The second-order valence-electron chi connectivity index (χ2n) is 4.13. The van der Waals surface area contributed by atoms with Crippen LogP contribution in [0.25, 0.3) is 0 Å². The SMILES string of the molecule is Cc1csc(SCCC(=O)Nc2ccc(F)cc2N)n1. The smallest absolute Gasteiger partial charge is 0.225 e. The average molecular weight is 311 g/mol. The molecule has 0 aliphatic heterocycles. The van der Waals surface area contributed by atoms with Crippen molar-refractivity contribution in [2.24, 2.45) is 0 Å². The van der Waals surface area contributed by atoms with Crippen LogP contribution in [0.4, 0.5) is 15.8 Å². The normalized spacial score (nSPS) is 10.5. The van der Waals surface area contributed by atoms with E-state index in [9.17, 15) is 9.18 Å². The quantitative estimate of drug-likeness (QED) is 0.657. The number of nitrogens with one attached hydrogen (secondary N) is 1. The summed E-state index contributed by atoms with van der Waals surface area (Å²) in [5.41, 5.74) is 7.27. The lowest BCUT2D eigenvalue weighted by Crippen LogP contribution is -2.13. The number of nitrogen functional groups attached to an aromatic ring is 1. The number of amides is 1. The highest BCUT2D eigenvalue weighted by Crippen LogP contribution is 2.23. The summed E-state index contributed by atoms with van der Waals surface area (Å²) in [6, 6.07) is 3.90.